The van der Waals surface area contributed by atoms with Gasteiger partial charge in [-0.05, 0) is 25.3 Å². The minimum atomic E-state index is -0.334. The number of rotatable bonds is 10. The van der Waals surface area contributed by atoms with E-state index >= 15 is 0 Å². The first-order valence-corrected chi connectivity index (χ1v) is 7.62. The molecule has 0 aliphatic carbocycles. The third-order valence-corrected chi connectivity index (χ3v) is 3.26. The molecule has 2 unspecified atom stereocenters. The molecule has 0 spiro atoms. The molecule has 0 rings (SSSR count). The maximum Gasteiger partial charge on any atom is 0.302 e. The smallest absolute Gasteiger partial charge is 0.302 e. The van der Waals surface area contributed by atoms with E-state index in [0.717, 1.165) is 6.42 Å². The second-order valence-electron chi connectivity index (χ2n) is 4.67. The van der Waals surface area contributed by atoms with Gasteiger partial charge in [-0.1, -0.05) is 43.9 Å². The highest BCUT2D eigenvalue weighted by atomic mass is 35.5. The zero-order valence-electron chi connectivity index (χ0n) is 12.5. The maximum absolute atomic E-state index is 11.1. The van der Waals surface area contributed by atoms with Gasteiger partial charge in [-0.25, -0.2) is 0 Å². The van der Waals surface area contributed by atoms with Crippen molar-refractivity contribution in [2.24, 2.45) is 0 Å². The number of hydrogen-bond acceptors (Lipinski definition) is 2. The predicted octanol–water partition coefficient (Wildman–Crippen LogP) is 4.63. The van der Waals surface area contributed by atoms with Crippen molar-refractivity contribution >= 4 is 17.6 Å². The first-order valence-electron chi connectivity index (χ1n) is 7.19. The molecule has 0 radical (unpaired) electrons. The van der Waals surface area contributed by atoms with Crippen LogP contribution >= 0.6 is 11.6 Å². The summed E-state index contributed by atoms with van der Waals surface area (Å²) in [7, 11) is 0. The molecule has 20 heavy (non-hydrogen) atoms. The maximum atomic E-state index is 11.1. The van der Waals surface area contributed by atoms with E-state index in [1.807, 2.05) is 0 Å². The Bertz CT molecular complexity index is 352. The summed E-state index contributed by atoms with van der Waals surface area (Å²) in [4.78, 5) is 11.1. The summed E-state index contributed by atoms with van der Waals surface area (Å²) in [6.07, 6.45) is 18.4. The fourth-order valence-electron chi connectivity index (χ4n) is 1.76. The van der Waals surface area contributed by atoms with E-state index in [2.05, 4.69) is 25.0 Å². The van der Waals surface area contributed by atoms with Crippen LogP contribution in [-0.4, -0.2) is 17.5 Å². The molecule has 2 nitrogen and oxygen atoms in total. The van der Waals surface area contributed by atoms with Crippen LogP contribution in [0.15, 0.2) is 24.3 Å². The lowest BCUT2D eigenvalue weighted by Crippen LogP contribution is -2.26. The molecule has 3 heteroatoms. The number of ether oxygens (including phenoxy) is 1. The van der Waals surface area contributed by atoms with Crippen LogP contribution in [0.25, 0.3) is 0 Å². The number of halogens is 1. The normalized spacial score (nSPS) is 14.3. The lowest BCUT2D eigenvalue weighted by atomic mass is 10.1. The molecule has 0 aliphatic rings. The summed E-state index contributed by atoms with van der Waals surface area (Å²) in [5, 5.41) is -0.233. The van der Waals surface area contributed by atoms with Gasteiger partial charge in [0.05, 0.1) is 5.38 Å². The van der Waals surface area contributed by atoms with E-state index < -0.39 is 0 Å². The number of hydrogen-bond donors (Lipinski definition) is 0. The van der Waals surface area contributed by atoms with Crippen LogP contribution in [0.5, 0.6) is 0 Å². The van der Waals surface area contributed by atoms with Crippen molar-refractivity contribution in [3.63, 3.8) is 0 Å². The van der Waals surface area contributed by atoms with Crippen molar-refractivity contribution in [3.8, 4) is 12.3 Å². The average Bonchev–Trinajstić information content (AvgIpc) is 2.41. The minimum absolute atomic E-state index is 0.233. The lowest BCUT2D eigenvalue weighted by molar-refractivity contribution is -0.146. The topological polar surface area (TPSA) is 26.3 Å². The summed E-state index contributed by atoms with van der Waals surface area (Å²) in [5.41, 5.74) is 0. The SMILES string of the molecule is C#C/C=C\CC(OC(C)=O)C(Cl)C/C=C\CCCCC. The largest absolute Gasteiger partial charge is 0.461 e. The van der Waals surface area contributed by atoms with Gasteiger partial charge in [-0.2, -0.15) is 0 Å². The zero-order chi connectivity index (χ0) is 15.2. The number of terminal acetylenes is 1. The summed E-state index contributed by atoms with van der Waals surface area (Å²) in [6, 6.07) is 0. The predicted molar refractivity (Wildman–Crippen MR) is 85.7 cm³/mol. The van der Waals surface area contributed by atoms with Crippen LogP contribution in [0.4, 0.5) is 0 Å². The summed E-state index contributed by atoms with van der Waals surface area (Å²) in [6.45, 7) is 3.58. The molecule has 0 N–H and O–H groups in total. The molecule has 0 fully saturated rings. The van der Waals surface area contributed by atoms with Crippen LogP contribution in [0, 0.1) is 12.3 Å². The Labute approximate surface area is 128 Å². The number of carbonyl (C=O) groups is 1. The van der Waals surface area contributed by atoms with E-state index in [1.54, 1.807) is 12.2 Å². The Morgan fingerprint density at radius 3 is 2.65 bits per heavy atom. The van der Waals surface area contributed by atoms with Crippen molar-refractivity contribution in [2.75, 3.05) is 0 Å². The number of carbonyl (C=O) groups excluding carboxylic acids is 1. The fraction of sp³-hybridized carbons (Fsp3) is 0.588. The van der Waals surface area contributed by atoms with Crippen LogP contribution < -0.4 is 0 Å². The van der Waals surface area contributed by atoms with E-state index in [1.165, 1.54) is 26.2 Å². The average molecular weight is 297 g/mol. The molecule has 0 heterocycles. The van der Waals surface area contributed by atoms with Gasteiger partial charge in [0, 0.05) is 13.3 Å². The molecule has 0 saturated heterocycles. The Balaban J connectivity index is 4.18. The number of allylic oxidation sites excluding steroid dienone is 3. The first kappa shape index (κ1) is 18.8. The number of esters is 1. The third-order valence-electron chi connectivity index (χ3n) is 2.81. The molecule has 2 atom stereocenters. The molecular formula is C17H25ClO2. The van der Waals surface area contributed by atoms with Crippen molar-refractivity contribution in [1.82, 2.24) is 0 Å². The van der Waals surface area contributed by atoms with Gasteiger partial charge in [-0.3, -0.25) is 4.79 Å². The van der Waals surface area contributed by atoms with Crippen LogP contribution in [0.3, 0.4) is 0 Å². The van der Waals surface area contributed by atoms with Gasteiger partial charge in [0.15, 0.2) is 0 Å². The number of alkyl halides is 1. The van der Waals surface area contributed by atoms with E-state index in [9.17, 15) is 4.79 Å². The Morgan fingerprint density at radius 1 is 1.30 bits per heavy atom. The lowest BCUT2D eigenvalue weighted by Gasteiger charge is -2.19. The molecule has 0 saturated carbocycles. The Morgan fingerprint density at radius 2 is 2.05 bits per heavy atom. The van der Waals surface area contributed by atoms with Gasteiger partial charge in [0.25, 0.3) is 0 Å². The fourth-order valence-corrected chi connectivity index (χ4v) is 2.02. The minimum Gasteiger partial charge on any atom is -0.461 e. The second-order valence-corrected chi connectivity index (χ2v) is 5.23. The molecule has 0 aromatic rings. The molecule has 0 aromatic heterocycles. The third kappa shape index (κ3) is 10.7. The molecule has 112 valence electrons. The second kappa shape index (κ2) is 12.8. The highest BCUT2D eigenvalue weighted by molar-refractivity contribution is 6.21. The standard InChI is InChI=1S/C17H25ClO2/c1-4-6-8-9-10-12-13-16(18)17(20-15(3)19)14-11-7-5-2/h2,7,10-12,16-17H,4,6,8-9,13-14H2,1,3H3/b11-7-,12-10-. The Kier molecular flexibility index (Phi) is 12.0. The van der Waals surface area contributed by atoms with Crippen molar-refractivity contribution in [1.29, 1.82) is 0 Å². The van der Waals surface area contributed by atoms with Crippen molar-refractivity contribution < 1.29 is 9.53 Å². The quantitative estimate of drug-likeness (QED) is 0.193. The highest BCUT2D eigenvalue weighted by Gasteiger charge is 2.19. The van der Waals surface area contributed by atoms with E-state index in [-0.39, 0.29) is 17.5 Å². The van der Waals surface area contributed by atoms with Gasteiger partial charge in [0.2, 0.25) is 0 Å². The van der Waals surface area contributed by atoms with Gasteiger partial charge in [-0.15, -0.1) is 18.0 Å². The zero-order valence-corrected chi connectivity index (χ0v) is 13.2. The van der Waals surface area contributed by atoms with Gasteiger partial charge < -0.3 is 4.74 Å². The van der Waals surface area contributed by atoms with Crippen LogP contribution in [0.2, 0.25) is 0 Å². The van der Waals surface area contributed by atoms with Crippen LogP contribution in [0.1, 0.15) is 52.4 Å². The molecule has 0 bridgehead atoms. The van der Waals surface area contributed by atoms with Gasteiger partial charge >= 0.3 is 5.97 Å². The monoisotopic (exact) mass is 296 g/mol. The highest BCUT2D eigenvalue weighted by Crippen LogP contribution is 2.17. The van der Waals surface area contributed by atoms with Crippen molar-refractivity contribution in [2.45, 2.75) is 63.9 Å². The number of unbranched alkanes of at least 4 members (excludes halogenated alkanes) is 3. The van der Waals surface area contributed by atoms with Gasteiger partial charge in [0.1, 0.15) is 6.10 Å². The Hall–Kier alpha value is -1.20. The van der Waals surface area contributed by atoms with E-state index in [4.69, 9.17) is 22.8 Å². The summed E-state index contributed by atoms with van der Waals surface area (Å²) in [5.74, 6) is 2.09. The summed E-state index contributed by atoms with van der Waals surface area (Å²) >= 11 is 6.30. The van der Waals surface area contributed by atoms with E-state index in [0.29, 0.717) is 12.8 Å². The van der Waals surface area contributed by atoms with Crippen molar-refractivity contribution in [3.05, 3.63) is 24.3 Å². The first-order chi connectivity index (χ1) is 9.61. The summed E-state index contributed by atoms with van der Waals surface area (Å²) < 4.78 is 5.23. The molecule has 0 amide bonds. The van der Waals surface area contributed by atoms with Crippen LogP contribution in [-0.2, 0) is 9.53 Å². The molecular weight excluding hydrogens is 272 g/mol. The molecule has 0 aliphatic heterocycles. The molecule has 0 aromatic carbocycles.